The van der Waals surface area contributed by atoms with Gasteiger partial charge >= 0.3 is 0 Å². The van der Waals surface area contributed by atoms with Crippen molar-refractivity contribution in [1.82, 2.24) is 0 Å². The van der Waals surface area contributed by atoms with E-state index in [1.807, 2.05) is 11.1 Å². The van der Waals surface area contributed by atoms with E-state index in [1.54, 1.807) is 0 Å². The highest BCUT2D eigenvalue weighted by Crippen LogP contribution is 2.38. The molecule has 0 heteroatoms. The second kappa shape index (κ2) is 10.6. The monoisotopic (exact) mass is 250 g/mol. The van der Waals surface area contributed by atoms with Gasteiger partial charge < -0.3 is 0 Å². The summed E-state index contributed by atoms with van der Waals surface area (Å²) in [5, 5.41) is 0. The Balaban J connectivity index is 1.85. The molecule has 0 amide bonds. The van der Waals surface area contributed by atoms with Gasteiger partial charge in [-0.05, 0) is 32.1 Å². The van der Waals surface area contributed by atoms with E-state index in [0.29, 0.717) is 0 Å². The molecule has 0 bridgehead atoms. The van der Waals surface area contributed by atoms with Crippen molar-refractivity contribution in [2.75, 3.05) is 0 Å². The van der Waals surface area contributed by atoms with Crippen LogP contribution in [-0.2, 0) is 0 Å². The largest absolute Gasteiger partial charge is 0.0666 e. The molecule has 1 aliphatic carbocycles. The third kappa shape index (κ3) is 7.95. The molecule has 0 unspecified atom stereocenters. The summed E-state index contributed by atoms with van der Waals surface area (Å²) < 4.78 is 0. The highest BCUT2D eigenvalue weighted by Gasteiger charge is 2.19. The van der Waals surface area contributed by atoms with E-state index < -0.39 is 0 Å². The zero-order valence-electron chi connectivity index (χ0n) is 12.9. The Morgan fingerprint density at radius 2 is 0.944 bits per heavy atom. The molecule has 0 saturated carbocycles. The van der Waals surface area contributed by atoms with Crippen molar-refractivity contribution in [1.29, 1.82) is 0 Å². The van der Waals surface area contributed by atoms with Crippen molar-refractivity contribution < 1.29 is 0 Å². The Kier molecular flexibility index (Phi) is 9.34. The maximum Gasteiger partial charge on any atom is -0.0103 e. The molecular weight excluding hydrogens is 216 g/mol. The van der Waals surface area contributed by atoms with Gasteiger partial charge in [-0.25, -0.2) is 0 Å². The highest BCUT2D eigenvalue weighted by atomic mass is 14.2. The van der Waals surface area contributed by atoms with Gasteiger partial charge in [-0.1, -0.05) is 82.8 Å². The fraction of sp³-hybridized carbons (Fsp3) is 0.889. The second-order valence-corrected chi connectivity index (χ2v) is 6.07. The summed E-state index contributed by atoms with van der Waals surface area (Å²) in [5.41, 5.74) is 3.67. The van der Waals surface area contributed by atoms with E-state index >= 15 is 0 Å². The first-order valence-corrected chi connectivity index (χ1v) is 8.58. The van der Waals surface area contributed by atoms with E-state index in [9.17, 15) is 0 Å². The fourth-order valence-corrected chi connectivity index (χ4v) is 2.80. The smallest absolute Gasteiger partial charge is 0.0103 e. The van der Waals surface area contributed by atoms with Crippen LogP contribution in [0.5, 0.6) is 0 Å². The number of hydrogen-bond donors (Lipinski definition) is 0. The molecule has 0 aromatic heterocycles. The van der Waals surface area contributed by atoms with Crippen LogP contribution >= 0.6 is 0 Å². The first-order chi connectivity index (χ1) is 8.88. The lowest BCUT2D eigenvalue weighted by Crippen LogP contribution is -1.78. The van der Waals surface area contributed by atoms with Gasteiger partial charge in [0.15, 0.2) is 0 Å². The van der Waals surface area contributed by atoms with Crippen LogP contribution in [0, 0.1) is 0 Å². The van der Waals surface area contributed by atoms with Gasteiger partial charge in [0, 0.05) is 0 Å². The van der Waals surface area contributed by atoms with Crippen LogP contribution < -0.4 is 0 Å². The molecule has 0 radical (unpaired) electrons. The quantitative estimate of drug-likeness (QED) is 0.249. The first-order valence-electron chi connectivity index (χ1n) is 8.58. The Morgan fingerprint density at radius 1 is 0.556 bits per heavy atom. The maximum atomic E-state index is 2.29. The van der Waals surface area contributed by atoms with Crippen LogP contribution in [0.4, 0.5) is 0 Å². The number of allylic oxidation sites excluding steroid dienone is 2. The van der Waals surface area contributed by atoms with Crippen molar-refractivity contribution in [3.8, 4) is 0 Å². The third-order valence-electron chi connectivity index (χ3n) is 4.22. The normalized spacial score (nSPS) is 14.3. The Morgan fingerprint density at radius 3 is 1.39 bits per heavy atom. The third-order valence-corrected chi connectivity index (χ3v) is 4.22. The van der Waals surface area contributed by atoms with Gasteiger partial charge in [0.25, 0.3) is 0 Å². The molecular formula is C18H34. The minimum atomic E-state index is 1.37. The molecule has 0 aromatic carbocycles. The number of rotatable bonds is 13. The second-order valence-electron chi connectivity index (χ2n) is 6.07. The summed E-state index contributed by atoms with van der Waals surface area (Å²) >= 11 is 0. The Bertz CT molecular complexity index is 224. The zero-order valence-corrected chi connectivity index (χ0v) is 12.9. The van der Waals surface area contributed by atoms with Gasteiger partial charge in [0.2, 0.25) is 0 Å². The summed E-state index contributed by atoms with van der Waals surface area (Å²) in [6, 6.07) is 0. The van der Waals surface area contributed by atoms with E-state index in [1.165, 1.54) is 89.9 Å². The molecule has 0 nitrogen and oxygen atoms in total. The summed E-state index contributed by atoms with van der Waals surface area (Å²) in [5.74, 6) is 0. The Labute approximate surface area is 115 Å². The van der Waals surface area contributed by atoms with Crippen LogP contribution in [-0.4, -0.2) is 0 Å². The average molecular weight is 250 g/mol. The lowest BCUT2D eigenvalue weighted by molar-refractivity contribution is 0.608. The molecule has 0 spiro atoms. The van der Waals surface area contributed by atoms with Gasteiger partial charge in [-0.15, -0.1) is 0 Å². The lowest BCUT2D eigenvalue weighted by Gasteiger charge is -1.98. The summed E-state index contributed by atoms with van der Waals surface area (Å²) in [4.78, 5) is 0. The molecule has 0 N–H and O–H groups in total. The predicted molar refractivity (Wildman–Crippen MR) is 83.0 cm³/mol. The maximum absolute atomic E-state index is 2.29. The molecule has 0 aromatic rings. The van der Waals surface area contributed by atoms with Gasteiger partial charge in [-0.2, -0.15) is 0 Å². The van der Waals surface area contributed by atoms with E-state index in [2.05, 4.69) is 13.8 Å². The molecule has 0 saturated heterocycles. The predicted octanol–water partition coefficient (Wildman–Crippen LogP) is 6.80. The average Bonchev–Trinajstić information content (AvgIpc) is 3.12. The summed E-state index contributed by atoms with van der Waals surface area (Å²) in [7, 11) is 0. The SMILES string of the molecule is CCCCCCCCC1=C(CCCCCCC)C1. The minimum absolute atomic E-state index is 1.37. The van der Waals surface area contributed by atoms with E-state index in [0.717, 1.165) is 0 Å². The van der Waals surface area contributed by atoms with Crippen LogP contribution in [0.25, 0.3) is 0 Å². The molecule has 18 heavy (non-hydrogen) atoms. The van der Waals surface area contributed by atoms with E-state index in [-0.39, 0.29) is 0 Å². The van der Waals surface area contributed by atoms with Crippen LogP contribution in [0.2, 0.25) is 0 Å². The zero-order chi connectivity index (χ0) is 13.1. The summed E-state index contributed by atoms with van der Waals surface area (Å²) in [6.45, 7) is 4.59. The first kappa shape index (κ1) is 15.8. The summed E-state index contributed by atoms with van der Waals surface area (Å²) in [6.07, 6.45) is 20.1. The van der Waals surface area contributed by atoms with Crippen molar-refractivity contribution in [3.05, 3.63) is 11.1 Å². The standard InChI is InChI=1S/C18H34/c1-3-5-7-9-11-13-15-18-16-17(18)14-12-10-8-6-4-2/h3-16H2,1-2H3. The Hall–Kier alpha value is -0.260. The van der Waals surface area contributed by atoms with Crippen LogP contribution in [0.3, 0.4) is 0 Å². The van der Waals surface area contributed by atoms with E-state index in [4.69, 9.17) is 0 Å². The van der Waals surface area contributed by atoms with Crippen LogP contribution in [0.15, 0.2) is 11.1 Å². The number of unbranched alkanes of at least 4 members (excludes halogenated alkanes) is 9. The van der Waals surface area contributed by atoms with Gasteiger partial charge in [-0.3, -0.25) is 0 Å². The van der Waals surface area contributed by atoms with Gasteiger partial charge in [0.05, 0.1) is 0 Å². The van der Waals surface area contributed by atoms with Crippen molar-refractivity contribution in [3.63, 3.8) is 0 Å². The molecule has 0 fully saturated rings. The molecule has 1 rings (SSSR count). The van der Waals surface area contributed by atoms with Crippen molar-refractivity contribution in [2.45, 2.75) is 104 Å². The molecule has 0 atom stereocenters. The topological polar surface area (TPSA) is 0 Å². The number of hydrogen-bond acceptors (Lipinski definition) is 0. The molecule has 106 valence electrons. The minimum Gasteiger partial charge on any atom is -0.0666 e. The molecule has 0 aliphatic heterocycles. The molecule has 1 aliphatic rings. The van der Waals surface area contributed by atoms with Crippen LogP contribution in [0.1, 0.15) is 104 Å². The molecule has 0 heterocycles. The lowest BCUT2D eigenvalue weighted by atomic mass is 10.1. The highest BCUT2D eigenvalue weighted by molar-refractivity contribution is 5.34. The van der Waals surface area contributed by atoms with Crippen molar-refractivity contribution in [2.24, 2.45) is 0 Å². The van der Waals surface area contributed by atoms with Gasteiger partial charge in [0.1, 0.15) is 0 Å². The fourth-order valence-electron chi connectivity index (χ4n) is 2.80. The van der Waals surface area contributed by atoms with Crippen molar-refractivity contribution >= 4 is 0 Å².